The molecule has 1 aliphatic rings. The first-order chi connectivity index (χ1) is 14.1. The van der Waals surface area contributed by atoms with Crippen LogP contribution < -0.4 is 5.73 Å². The second-order valence-electron chi connectivity index (χ2n) is 9.36. The number of aryl methyl sites for hydroxylation is 1. The number of esters is 1. The van der Waals surface area contributed by atoms with Crippen LogP contribution in [0, 0.1) is 12.8 Å². The van der Waals surface area contributed by atoms with Crippen molar-refractivity contribution >= 4 is 11.9 Å². The summed E-state index contributed by atoms with van der Waals surface area (Å²) in [5.74, 6) is 0.325. The summed E-state index contributed by atoms with van der Waals surface area (Å²) in [4.78, 5) is 28.0. The van der Waals surface area contributed by atoms with E-state index in [4.69, 9.17) is 10.5 Å². The van der Waals surface area contributed by atoms with Gasteiger partial charge in [-0.3, -0.25) is 9.59 Å². The topological polar surface area (TPSA) is 82.3 Å². The van der Waals surface area contributed by atoms with Crippen molar-refractivity contribution in [2.45, 2.75) is 71.3 Å². The molecule has 1 aromatic carbocycles. The van der Waals surface area contributed by atoms with Gasteiger partial charge in [0.15, 0.2) is 0 Å². The van der Waals surface area contributed by atoms with E-state index in [0.717, 1.165) is 42.5 Å². The Hall–Kier alpha value is -2.69. The lowest BCUT2D eigenvalue weighted by Crippen LogP contribution is -2.26. The van der Waals surface area contributed by atoms with Crippen molar-refractivity contribution in [3.8, 4) is 11.3 Å². The van der Waals surface area contributed by atoms with Crippen LogP contribution >= 0.6 is 0 Å². The molecule has 1 aromatic heterocycles. The number of rotatable bonds is 5. The van der Waals surface area contributed by atoms with E-state index in [1.807, 2.05) is 33.8 Å². The molecule has 0 saturated heterocycles. The maximum absolute atomic E-state index is 12.1. The normalized spacial score (nSPS) is 19.3. The fraction of sp³-hybridized carbons (Fsp3) is 0.480. The predicted molar refractivity (Wildman–Crippen MR) is 118 cm³/mol. The Morgan fingerprint density at radius 1 is 1.03 bits per heavy atom. The van der Waals surface area contributed by atoms with Crippen LogP contribution in [0.2, 0.25) is 0 Å². The number of primary amides is 1. The summed E-state index contributed by atoms with van der Waals surface area (Å²) in [5, 5.41) is 0. The van der Waals surface area contributed by atoms with Gasteiger partial charge >= 0.3 is 5.97 Å². The van der Waals surface area contributed by atoms with Gasteiger partial charge in [0.05, 0.1) is 5.69 Å². The molecule has 1 aliphatic carbocycles. The summed E-state index contributed by atoms with van der Waals surface area (Å²) < 4.78 is 5.47. The van der Waals surface area contributed by atoms with Gasteiger partial charge in [0.25, 0.3) is 5.91 Å². The van der Waals surface area contributed by atoms with Gasteiger partial charge < -0.3 is 10.5 Å². The zero-order valence-electron chi connectivity index (χ0n) is 18.4. The van der Waals surface area contributed by atoms with Crippen LogP contribution in [0.5, 0.6) is 0 Å². The van der Waals surface area contributed by atoms with E-state index in [1.165, 1.54) is 5.56 Å². The van der Waals surface area contributed by atoms with Gasteiger partial charge in [-0.2, -0.15) is 0 Å². The van der Waals surface area contributed by atoms with E-state index in [0.29, 0.717) is 18.3 Å². The second-order valence-corrected chi connectivity index (χ2v) is 9.36. The second kappa shape index (κ2) is 8.99. The summed E-state index contributed by atoms with van der Waals surface area (Å²) >= 11 is 0. The highest BCUT2D eigenvalue weighted by Crippen LogP contribution is 2.38. The summed E-state index contributed by atoms with van der Waals surface area (Å²) in [6, 6.07) is 12.0. The molecule has 1 heterocycles. The van der Waals surface area contributed by atoms with Gasteiger partial charge in [-0.1, -0.05) is 30.3 Å². The number of benzene rings is 1. The molecule has 0 bridgehead atoms. The SMILES string of the molecule is Cc1ccc(C(N)=O)nc1-c1ccc(C2CCC(CC(=O)OC(C)(C)C)CC2)cc1. The van der Waals surface area contributed by atoms with Crippen molar-refractivity contribution in [3.05, 3.63) is 53.2 Å². The number of hydrogen-bond donors (Lipinski definition) is 1. The molecule has 2 aromatic rings. The van der Waals surface area contributed by atoms with Crippen LogP contribution in [0.25, 0.3) is 11.3 Å². The number of aromatic nitrogens is 1. The lowest BCUT2D eigenvalue weighted by atomic mass is 9.77. The largest absolute Gasteiger partial charge is 0.460 e. The van der Waals surface area contributed by atoms with E-state index >= 15 is 0 Å². The van der Waals surface area contributed by atoms with E-state index in [9.17, 15) is 9.59 Å². The highest BCUT2D eigenvalue weighted by atomic mass is 16.6. The minimum Gasteiger partial charge on any atom is -0.460 e. The first kappa shape index (κ1) is 22.0. The molecule has 0 radical (unpaired) electrons. The maximum Gasteiger partial charge on any atom is 0.306 e. The maximum atomic E-state index is 12.1. The van der Waals surface area contributed by atoms with Crippen LogP contribution in [0.4, 0.5) is 0 Å². The van der Waals surface area contributed by atoms with E-state index in [2.05, 4.69) is 29.2 Å². The lowest BCUT2D eigenvalue weighted by molar-refractivity contribution is -0.156. The average molecular weight is 409 g/mol. The Labute approximate surface area is 179 Å². The van der Waals surface area contributed by atoms with Crippen LogP contribution in [0.1, 0.15) is 80.4 Å². The highest BCUT2D eigenvalue weighted by molar-refractivity contribution is 5.91. The first-order valence-corrected chi connectivity index (χ1v) is 10.7. The van der Waals surface area contributed by atoms with Crippen LogP contribution in [-0.2, 0) is 9.53 Å². The number of pyridine rings is 1. The van der Waals surface area contributed by atoms with E-state index < -0.39 is 11.5 Å². The third kappa shape index (κ3) is 5.68. The molecule has 1 amide bonds. The molecule has 30 heavy (non-hydrogen) atoms. The summed E-state index contributed by atoms with van der Waals surface area (Å²) in [7, 11) is 0. The number of carbonyl (C=O) groups is 2. The number of hydrogen-bond acceptors (Lipinski definition) is 4. The molecule has 3 rings (SSSR count). The fourth-order valence-electron chi connectivity index (χ4n) is 4.19. The van der Waals surface area contributed by atoms with Crippen molar-refractivity contribution in [2.24, 2.45) is 11.7 Å². The number of amides is 1. The Bertz CT molecular complexity index is 905. The Morgan fingerprint density at radius 3 is 2.23 bits per heavy atom. The molecule has 0 unspecified atom stereocenters. The molecular weight excluding hydrogens is 376 g/mol. The van der Waals surface area contributed by atoms with Gasteiger partial charge in [0.1, 0.15) is 11.3 Å². The number of ether oxygens (including phenoxy) is 1. The van der Waals surface area contributed by atoms with E-state index in [-0.39, 0.29) is 11.7 Å². The van der Waals surface area contributed by atoms with Crippen LogP contribution in [0.3, 0.4) is 0 Å². The first-order valence-electron chi connectivity index (χ1n) is 10.7. The third-order valence-corrected chi connectivity index (χ3v) is 5.73. The van der Waals surface area contributed by atoms with E-state index in [1.54, 1.807) is 6.07 Å². The molecule has 1 fully saturated rings. The minimum absolute atomic E-state index is 0.0867. The standard InChI is InChI=1S/C25H32N2O3/c1-16-5-14-21(24(26)29)27-23(16)20-12-10-19(11-13-20)18-8-6-17(7-9-18)15-22(28)30-25(2,3)4/h5,10-14,17-18H,6-9,15H2,1-4H3,(H2,26,29). The van der Waals surface area contributed by atoms with Gasteiger partial charge in [0, 0.05) is 12.0 Å². The molecule has 0 spiro atoms. The van der Waals surface area contributed by atoms with Gasteiger partial charge in [-0.25, -0.2) is 4.98 Å². The highest BCUT2D eigenvalue weighted by Gasteiger charge is 2.26. The zero-order chi connectivity index (χ0) is 21.9. The summed E-state index contributed by atoms with van der Waals surface area (Å²) in [5.41, 5.74) is 9.34. The predicted octanol–water partition coefficient (Wildman–Crippen LogP) is 5.16. The Morgan fingerprint density at radius 2 is 1.67 bits per heavy atom. The number of nitrogens with two attached hydrogens (primary N) is 1. The van der Waals surface area contributed by atoms with Crippen LogP contribution in [-0.4, -0.2) is 22.5 Å². The third-order valence-electron chi connectivity index (χ3n) is 5.73. The molecule has 5 nitrogen and oxygen atoms in total. The molecular formula is C25H32N2O3. The summed E-state index contributed by atoms with van der Waals surface area (Å²) in [6.45, 7) is 7.71. The van der Waals surface area contributed by atoms with Gasteiger partial charge in [0.2, 0.25) is 0 Å². The molecule has 0 atom stereocenters. The molecule has 0 aliphatic heterocycles. The molecule has 160 valence electrons. The van der Waals surface area contributed by atoms with Gasteiger partial charge in [-0.15, -0.1) is 0 Å². The number of nitrogens with zero attached hydrogens (tertiary/aromatic N) is 1. The summed E-state index contributed by atoms with van der Waals surface area (Å²) in [6.07, 6.45) is 4.78. The lowest BCUT2D eigenvalue weighted by Gasteiger charge is -2.29. The Balaban J connectivity index is 1.61. The van der Waals surface area contributed by atoms with Crippen molar-refractivity contribution in [2.75, 3.05) is 0 Å². The minimum atomic E-state index is -0.518. The van der Waals surface area contributed by atoms with Crippen LogP contribution in [0.15, 0.2) is 36.4 Å². The van der Waals surface area contributed by atoms with Crippen molar-refractivity contribution in [1.82, 2.24) is 4.98 Å². The number of carbonyl (C=O) groups excluding carboxylic acids is 2. The van der Waals surface area contributed by atoms with Gasteiger partial charge in [-0.05, 0) is 82.4 Å². The zero-order valence-corrected chi connectivity index (χ0v) is 18.4. The fourth-order valence-corrected chi connectivity index (χ4v) is 4.19. The van der Waals surface area contributed by atoms with Crippen molar-refractivity contribution in [3.63, 3.8) is 0 Å². The molecule has 1 saturated carbocycles. The molecule has 5 heteroatoms. The monoisotopic (exact) mass is 408 g/mol. The average Bonchev–Trinajstić information content (AvgIpc) is 2.67. The van der Waals surface area contributed by atoms with Crippen molar-refractivity contribution in [1.29, 1.82) is 0 Å². The Kier molecular flexibility index (Phi) is 6.59. The quantitative estimate of drug-likeness (QED) is 0.693. The van der Waals surface area contributed by atoms with Crippen molar-refractivity contribution < 1.29 is 14.3 Å². The molecule has 2 N–H and O–H groups in total. The smallest absolute Gasteiger partial charge is 0.306 e.